The minimum atomic E-state index is -0.0173. The Morgan fingerprint density at radius 1 is 1.67 bits per heavy atom. The lowest BCUT2D eigenvalue weighted by Gasteiger charge is -2.07. The van der Waals surface area contributed by atoms with Crippen molar-refractivity contribution in [3.8, 4) is 6.01 Å². The first-order valence-corrected chi connectivity index (χ1v) is 4.98. The molecule has 1 fully saturated rings. The number of rotatable bonds is 4. The van der Waals surface area contributed by atoms with Gasteiger partial charge in [0.1, 0.15) is 0 Å². The van der Waals surface area contributed by atoms with Crippen LogP contribution in [0.15, 0.2) is 0 Å². The second-order valence-electron chi connectivity index (χ2n) is 3.79. The number of amides is 1. The monoisotopic (exact) mass is 210 g/mol. The number of nitrogens with zero attached hydrogens (tertiary/aromatic N) is 2. The van der Waals surface area contributed by atoms with Crippen LogP contribution in [0.5, 0.6) is 6.01 Å². The molecular weight excluding hydrogens is 196 g/mol. The zero-order valence-electron chi connectivity index (χ0n) is 8.78. The van der Waals surface area contributed by atoms with Crippen LogP contribution >= 0.6 is 0 Å². The van der Waals surface area contributed by atoms with Crippen LogP contribution in [0.25, 0.3) is 0 Å². The average molecular weight is 210 g/mol. The molecule has 2 rings (SSSR count). The first kappa shape index (κ1) is 9.95. The van der Waals surface area contributed by atoms with Crippen molar-refractivity contribution in [2.45, 2.75) is 19.8 Å². The Kier molecular flexibility index (Phi) is 2.57. The van der Waals surface area contributed by atoms with E-state index in [4.69, 9.17) is 4.74 Å². The summed E-state index contributed by atoms with van der Waals surface area (Å²) < 4.78 is 4.79. The molecule has 1 unspecified atom stereocenters. The maximum absolute atomic E-state index is 11.7. The summed E-state index contributed by atoms with van der Waals surface area (Å²) in [7, 11) is 1.47. The molecule has 6 nitrogen and oxygen atoms in total. The number of nitrogens with one attached hydrogen (secondary N) is 2. The maximum Gasteiger partial charge on any atom is 0.336 e. The predicted octanol–water partition coefficient (Wildman–Crippen LogP) is 0.798. The predicted molar refractivity (Wildman–Crippen MR) is 53.5 cm³/mol. The van der Waals surface area contributed by atoms with Crippen LogP contribution in [0.4, 0.5) is 5.95 Å². The highest BCUT2D eigenvalue weighted by Crippen LogP contribution is 2.36. The topological polar surface area (TPSA) is 79.9 Å². The smallest absolute Gasteiger partial charge is 0.336 e. The van der Waals surface area contributed by atoms with Crippen molar-refractivity contribution in [2.24, 2.45) is 11.8 Å². The number of H-pyrrole nitrogens is 1. The Bertz CT molecular complexity index is 359. The maximum atomic E-state index is 11.7. The van der Waals surface area contributed by atoms with Crippen LogP contribution in [-0.4, -0.2) is 28.2 Å². The van der Waals surface area contributed by atoms with Gasteiger partial charge in [-0.1, -0.05) is 6.92 Å². The van der Waals surface area contributed by atoms with Gasteiger partial charge in [0.05, 0.1) is 7.11 Å². The van der Waals surface area contributed by atoms with Crippen molar-refractivity contribution in [1.82, 2.24) is 15.2 Å². The fourth-order valence-corrected chi connectivity index (χ4v) is 1.43. The molecule has 1 aromatic rings. The fourth-order valence-electron chi connectivity index (χ4n) is 1.43. The molecule has 1 aliphatic rings. The molecule has 1 atom stereocenters. The van der Waals surface area contributed by atoms with Crippen molar-refractivity contribution in [3.63, 3.8) is 0 Å². The van der Waals surface area contributed by atoms with Crippen molar-refractivity contribution in [1.29, 1.82) is 0 Å². The van der Waals surface area contributed by atoms with Gasteiger partial charge in [-0.25, -0.2) is 5.10 Å². The zero-order chi connectivity index (χ0) is 10.8. The van der Waals surface area contributed by atoms with E-state index in [1.165, 1.54) is 7.11 Å². The Morgan fingerprint density at radius 2 is 2.40 bits per heavy atom. The second kappa shape index (κ2) is 3.88. The Labute approximate surface area is 87.4 Å². The largest absolute Gasteiger partial charge is 0.466 e. The van der Waals surface area contributed by atoms with Crippen molar-refractivity contribution in [3.05, 3.63) is 0 Å². The third-order valence-corrected chi connectivity index (χ3v) is 2.63. The van der Waals surface area contributed by atoms with Gasteiger partial charge in [0.2, 0.25) is 11.9 Å². The average Bonchev–Trinajstić information content (AvgIpc) is 2.98. The fraction of sp³-hybridized carbons (Fsp3) is 0.667. The number of aromatic amines is 1. The van der Waals surface area contributed by atoms with Gasteiger partial charge in [0, 0.05) is 5.92 Å². The lowest BCUT2D eigenvalue weighted by molar-refractivity contribution is -0.120. The van der Waals surface area contributed by atoms with Crippen molar-refractivity contribution < 1.29 is 9.53 Å². The third-order valence-electron chi connectivity index (χ3n) is 2.63. The van der Waals surface area contributed by atoms with Crippen LogP contribution < -0.4 is 10.1 Å². The van der Waals surface area contributed by atoms with E-state index in [9.17, 15) is 4.79 Å². The van der Waals surface area contributed by atoms with Gasteiger partial charge in [-0.2, -0.15) is 4.98 Å². The molecule has 82 valence electrons. The van der Waals surface area contributed by atoms with Gasteiger partial charge < -0.3 is 4.74 Å². The summed E-state index contributed by atoms with van der Waals surface area (Å²) in [6, 6.07) is 0.226. The molecule has 1 amide bonds. The molecular formula is C9H14N4O2. The van der Waals surface area contributed by atoms with E-state index in [2.05, 4.69) is 20.5 Å². The van der Waals surface area contributed by atoms with Gasteiger partial charge in [-0.15, -0.1) is 5.10 Å². The molecule has 0 spiro atoms. The molecule has 0 bridgehead atoms. The Morgan fingerprint density at radius 3 is 2.93 bits per heavy atom. The number of methoxy groups -OCH3 is 1. The molecule has 0 radical (unpaired) electrons. The van der Waals surface area contributed by atoms with Crippen LogP contribution in [0.1, 0.15) is 19.8 Å². The summed E-state index contributed by atoms with van der Waals surface area (Å²) in [5.74, 6) is 0.900. The summed E-state index contributed by atoms with van der Waals surface area (Å²) in [4.78, 5) is 15.6. The van der Waals surface area contributed by atoms with E-state index < -0.39 is 0 Å². The third kappa shape index (κ3) is 2.26. The number of aromatic nitrogens is 3. The highest BCUT2D eigenvalue weighted by atomic mass is 16.5. The minimum absolute atomic E-state index is 0.0173. The second-order valence-corrected chi connectivity index (χ2v) is 3.79. The number of carbonyl (C=O) groups excluding carboxylic acids is 1. The highest BCUT2D eigenvalue weighted by molar-refractivity contribution is 5.91. The van der Waals surface area contributed by atoms with Gasteiger partial charge >= 0.3 is 6.01 Å². The molecule has 1 saturated carbocycles. The number of ether oxygens (including phenoxy) is 1. The summed E-state index contributed by atoms with van der Waals surface area (Å²) in [6.07, 6.45) is 2.29. The van der Waals surface area contributed by atoms with Crippen LogP contribution in [0.2, 0.25) is 0 Å². The first-order valence-electron chi connectivity index (χ1n) is 4.98. The quantitative estimate of drug-likeness (QED) is 0.770. The minimum Gasteiger partial charge on any atom is -0.466 e. The van der Waals surface area contributed by atoms with E-state index in [-0.39, 0.29) is 17.8 Å². The zero-order valence-corrected chi connectivity index (χ0v) is 8.78. The van der Waals surface area contributed by atoms with Gasteiger partial charge in [0.15, 0.2) is 0 Å². The molecule has 0 saturated heterocycles. The van der Waals surface area contributed by atoms with Gasteiger partial charge in [0.25, 0.3) is 0 Å². The van der Waals surface area contributed by atoms with E-state index in [0.29, 0.717) is 11.9 Å². The molecule has 1 heterocycles. The van der Waals surface area contributed by atoms with Crippen molar-refractivity contribution >= 4 is 11.9 Å². The standard InChI is InChI=1S/C9H14N4O2/c1-5(6-3-4-6)7(14)10-8-11-9(15-2)13-12-8/h5-6H,3-4H2,1-2H3,(H2,10,11,12,13,14). The van der Waals surface area contributed by atoms with E-state index in [0.717, 1.165) is 12.8 Å². The first-order chi connectivity index (χ1) is 7.20. The lowest BCUT2D eigenvalue weighted by atomic mass is 10.1. The molecule has 0 aromatic carbocycles. The summed E-state index contributed by atoms with van der Waals surface area (Å²) >= 11 is 0. The molecule has 15 heavy (non-hydrogen) atoms. The number of carbonyl (C=O) groups is 1. The van der Waals surface area contributed by atoms with E-state index in [1.807, 2.05) is 6.92 Å². The van der Waals surface area contributed by atoms with Gasteiger partial charge in [-0.3, -0.25) is 10.1 Å². The summed E-state index contributed by atoms with van der Waals surface area (Å²) in [5.41, 5.74) is 0. The Balaban J connectivity index is 1.92. The number of hydrogen-bond acceptors (Lipinski definition) is 4. The van der Waals surface area contributed by atoms with E-state index >= 15 is 0 Å². The molecule has 1 aromatic heterocycles. The number of hydrogen-bond donors (Lipinski definition) is 2. The summed E-state index contributed by atoms with van der Waals surface area (Å²) in [6.45, 7) is 1.93. The number of anilines is 1. The molecule has 1 aliphatic carbocycles. The molecule has 2 N–H and O–H groups in total. The van der Waals surface area contributed by atoms with Crippen LogP contribution in [0.3, 0.4) is 0 Å². The SMILES string of the molecule is COc1n[nH]c(NC(=O)C(C)C2CC2)n1. The van der Waals surface area contributed by atoms with E-state index in [1.54, 1.807) is 0 Å². The molecule has 0 aliphatic heterocycles. The van der Waals surface area contributed by atoms with Crippen LogP contribution in [-0.2, 0) is 4.79 Å². The highest BCUT2D eigenvalue weighted by Gasteiger charge is 2.32. The lowest BCUT2D eigenvalue weighted by Crippen LogP contribution is -2.22. The van der Waals surface area contributed by atoms with Gasteiger partial charge in [-0.05, 0) is 18.8 Å². The summed E-state index contributed by atoms with van der Waals surface area (Å²) in [5, 5.41) is 8.99. The Hall–Kier alpha value is -1.59. The molecule has 6 heteroatoms. The normalized spacial score (nSPS) is 17.2. The van der Waals surface area contributed by atoms with Crippen molar-refractivity contribution in [2.75, 3.05) is 12.4 Å². The van der Waals surface area contributed by atoms with Crippen LogP contribution in [0, 0.1) is 11.8 Å².